The van der Waals surface area contributed by atoms with Gasteiger partial charge < -0.3 is 16.2 Å². The maximum Gasteiger partial charge on any atom is 0.344 e. The van der Waals surface area contributed by atoms with Crippen LogP contribution in [0.2, 0.25) is 0 Å². The lowest BCUT2D eigenvalue weighted by Crippen LogP contribution is -2.30. The van der Waals surface area contributed by atoms with E-state index >= 15 is 0 Å². The molecule has 0 aliphatic carbocycles. The van der Waals surface area contributed by atoms with Gasteiger partial charge in [-0.05, 0) is 19.1 Å². The SMILES string of the molecule is CCN=C(N)C(C(=O)OCC(=O)c1c(F)cccc1F)=C(N)C(F)F. The van der Waals surface area contributed by atoms with E-state index < -0.39 is 59.1 Å². The molecule has 6 nitrogen and oxygen atoms in total. The molecule has 0 atom stereocenters. The van der Waals surface area contributed by atoms with Gasteiger partial charge in [-0.1, -0.05) is 6.07 Å². The van der Waals surface area contributed by atoms with Crippen molar-refractivity contribution >= 4 is 17.6 Å². The minimum absolute atomic E-state index is 0.0680. The van der Waals surface area contributed by atoms with Gasteiger partial charge in [-0.2, -0.15) is 0 Å². The Bertz CT molecular complexity index is 712. The molecule has 0 fully saturated rings. The fourth-order valence-electron chi connectivity index (χ4n) is 1.77. The standard InChI is InChI=1S/C15H15F4N3O3/c1-2-22-14(21)11(12(20)13(18)19)15(24)25-6-9(23)10-7(16)4-3-5-8(10)17/h3-5,13H,2,6,20H2,1H3,(H2,21,22). The molecule has 1 aromatic rings. The van der Waals surface area contributed by atoms with Gasteiger partial charge in [-0.3, -0.25) is 9.79 Å². The van der Waals surface area contributed by atoms with Gasteiger partial charge >= 0.3 is 5.97 Å². The van der Waals surface area contributed by atoms with Crippen LogP contribution in [0.4, 0.5) is 17.6 Å². The van der Waals surface area contributed by atoms with Gasteiger partial charge in [0.1, 0.15) is 23.0 Å². The van der Waals surface area contributed by atoms with Crippen molar-refractivity contribution < 1.29 is 31.9 Å². The van der Waals surface area contributed by atoms with Crippen LogP contribution in [0.1, 0.15) is 17.3 Å². The fraction of sp³-hybridized carbons (Fsp3) is 0.267. The molecule has 0 aliphatic rings. The van der Waals surface area contributed by atoms with Crippen LogP contribution in [0.5, 0.6) is 0 Å². The first-order chi connectivity index (χ1) is 11.7. The molecule has 0 saturated carbocycles. The molecule has 4 N–H and O–H groups in total. The molecule has 10 heteroatoms. The lowest BCUT2D eigenvalue weighted by atomic mass is 10.1. The number of rotatable bonds is 7. The first-order valence-corrected chi connectivity index (χ1v) is 6.93. The number of nitrogens with two attached hydrogens (primary N) is 2. The average molecular weight is 361 g/mol. The highest BCUT2D eigenvalue weighted by Crippen LogP contribution is 2.14. The third-order valence-corrected chi connectivity index (χ3v) is 2.89. The third-order valence-electron chi connectivity index (χ3n) is 2.89. The molecular formula is C15H15F4N3O3. The van der Waals surface area contributed by atoms with E-state index in [0.29, 0.717) is 0 Å². The molecule has 0 spiro atoms. The zero-order valence-electron chi connectivity index (χ0n) is 13.1. The summed E-state index contributed by atoms with van der Waals surface area (Å²) >= 11 is 0. The fourth-order valence-corrected chi connectivity index (χ4v) is 1.77. The molecule has 0 aliphatic heterocycles. The minimum Gasteiger partial charge on any atom is -0.454 e. The van der Waals surface area contributed by atoms with Gasteiger partial charge in [0.2, 0.25) is 5.78 Å². The van der Waals surface area contributed by atoms with Crippen molar-refractivity contribution in [2.45, 2.75) is 13.3 Å². The second-order valence-corrected chi connectivity index (χ2v) is 4.59. The predicted molar refractivity (Wildman–Crippen MR) is 81.0 cm³/mol. The molecule has 136 valence electrons. The Morgan fingerprint density at radius 3 is 2.24 bits per heavy atom. The van der Waals surface area contributed by atoms with E-state index in [-0.39, 0.29) is 6.54 Å². The Morgan fingerprint density at radius 2 is 1.76 bits per heavy atom. The first kappa shape index (κ1) is 20.1. The quantitative estimate of drug-likeness (QED) is 0.191. The Balaban J connectivity index is 3.01. The summed E-state index contributed by atoms with van der Waals surface area (Å²) in [7, 11) is 0. The Hall–Kier alpha value is -2.91. The summed E-state index contributed by atoms with van der Waals surface area (Å²) in [6, 6.07) is 2.72. The van der Waals surface area contributed by atoms with Gasteiger partial charge in [0.15, 0.2) is 6.61 Å². The molecule has 0 aromatic heterocycles. The molecule has 0 heterocycles. The van der Waals surface area contributed by atoms with E-state index in [4.69, 9.17) is 11.5 Å². The number of carbonyl (C=O) groups excluding carboxylic acids is 2. The van der Waals surface area contributed by atoms with Crippen molar-refractivity contribution in [1.29, 1.82) is 0 Å². The summed E-state index contributed by atoms with van der Waals surface area (Å²) in [5.41, 5.74) is 7.52. The van der Waals surface area contributed by atoms with Crippen LogP contribution in [-0.2, 0) is 9.53 Å². The first-order valence-electron chi connectivity index (χ1n) is 6.93. The highest BCUT2D eigenvalue weighted by Gasteiger charge is 2.26. The summed E-state index contributed by atoms with van der Waals surface area (Å²) in [6.07, 6.45) is -3.23. The van der Waals surface area contributed by atoms with Crippen LogP contribution < -0.4 is 11.5 Å². The van der Waals surface area contributed by atoms with E-state index in [2.05, 4.69) is 9.73 Å². The molecule has 0 unspecified atom stereocenters. The van der Waals surface area contributed by atoms with Crippen molar-refractivity contribution in [2.24, 2.45) is 16.5 Å². The number of benzene rings is 1. The predicted octanol–water partition coefficient (Wildman–Crippen LogP) is 1.55. The summed E-state index contributed by atoms with van der Waals surface area (Å²) in [6.45, 7) is 0.494. The van der Waals surface area contributed by atoms with Crippen LogP contribution >= 0.6 is 0 Å². The number of amidine groups is 1. The molecule has 1 rings (SSSR count). The summed E-state index contributed by atoms with van der Waals surface area (Å²) in [4.78, 5) is 27.3. The number of halogens is 4. The number of hydrogen-bond acceptors (Lipinski definition) is 5. The van der Waals surface area contributed by atoms with Crippen LogP contribution in [0.25, 0.3) is 0 Å². The van der Waals surface area contributed by atoms with E-state index in [9.17, 15) is 27.2 Å². The number of allylic oxidation sites excluding steroid dienone is 1. The number of carbonyl (C=O) groups is 2. The number of hydrogen-bond donors (Lipinski definition) is 2. The largest absolute Gasteiger partial charge is 0.454 e. The minimum atomic E-state index is -3.23. The summed E-state index contributed by atoms with van der Waals surface area (Å²) in [5.74, 6) is -5.58. The van der Waals surface area contributed by atoms with Crippen LogP contribution in [0, 0.1) is 11.6 Å². The van der Waals surface area contributed by atoms with Crippen LogP contribution in [0.15, 0.2) is 34.5 Å². The second-order valence-electron chi connectivity index (χ2n) is 4.59. The van der Waals surface area contributed by atoms with Crippen molar-refractivity contribution in [3.05, 3.63) is 46.7 Å². The van der Waals surface area contributed by atoms with E-state index in [1.807, 2.05) is 0 Å². The Kier molecular flexibility index (Phi) is 7.09. The van der Waals surface area contributed by atoms with Gasteiger partial charge in [0.25, 0.3) is 6.43 Å². The zero-order valence-corrected chi connectivity index (χ0v) is 13.1. The van der Waals surface area contributed by atoms with E-state index in [0.717, 1.165) is 18.2 Å². The number of Topliss-reactive ketones (excluding diaryl/α,β-unsaturated/α-hetero) is 1. The monoisotopic (exact) mass is 361 g/mol. The zero-order chi connectivity index (χ0) is 19.1. The third kappa shape index (κ3) is 5.03. The molecule has 1 aromatic carbocycles. The molecule has 0 radical (unpaired) electrons. The number of aliphatic imine (C=N–C) groups is 1. The van der Waals surface area contributed by atoms with Crippen molar-refractivity contribution in [3.63, 3.8) is 0 Å². The smallest absolute Gasteiger partial charge is 0.344 e. The van der Waals surface area contributed by atoms with Crippen molar-refractivity contribution in [1.82, 2.24) is 0 Å². The topological polar surface area (TPSA) is 108 Å². The number of ether oxygens (including phenoxy) is 1. The van der Waals surface area contributed by atoms with Gasteiger partial charge in [0, 0.05) is 6.54 Å². The van der Waals surface area contributed by atoms with E-state index in [1.54, 1.807) is 0 Å². The summed E-state index contributed by atoms with van der Waals surface area (Å²) in [5, 5.41) is 0. The van der Waals surface area contributed by atoms with Crippen molar-refractivity contribution in [2.75, 3.05) is 13.2 Å². The van der Waals surface area contributed by atoms with E-state index in [1.165, 1.54) is 6.92 Å². The lowest BCUT2D eigenvalue weighted by Gasteiger charge is -2.11. The number of esters is 1. The van der Waals surface area contributed by atoms with Gasteiger partial charge in [0.05, 0.1) is 11.3 Å². The highest BCUT2D eigenvalue weighted by molar-refractivity contribution is 6.19. The Labute approximate surface area is 140 Å². The lowest BCUT2D eigenvalue weighted by molar-refractivity contribution is -0.137. The number of alkyl halides is 2. The molecular weight excluding hydrogens is 346 g/mol. The Morgan fingerprint density at radius 1 is 1.20 bits per heavy atom. The van der Waals surface area contributed by atoms with Gasteiger partial charge in [-0.25, -0.2) is 22.4 Å². The summed E-state index contributed by atoms with van der Waals surface area (Å²) < 4.78 is 57.0. The molecule has 0 amide bonds. The van der Waals surface area contributed by atoms with Crippen LogP contribution in [0.3, 0.4) is 0 Å². The van der Waals surface area contributed by atoms with Gasteiger partial charge in [-0.15, -0.1) is 0 Å². The van der Waals surface area contributed by atoms with Crippen molar-refractivity contribution in [3.8, 4) is 0 Å². The average Bonchev–Trinajstić information content (AvgIpc) is 2.53. The number of ketones is 1. The second kappa shape index (κ2) is 8.81. The maximum absolute atomic E-state index is 13.5. The van der Waals surface area contributed by atoms with Crippen LogP contribution in [-0.4, -0.2) is 37.2 Å². The molecule has 0 saturated heterocycles. The molecule has 0 bridgehead atoms. The molecule has 25 heavy (non-hydrogen) atoms. The maximum atomic E-state index is 13.5. The highest BCUT2D eigenvalue weighted by atomic mass is 19.3. The normalized spacial score (nSPS) is 12.8. The number of nitrogens with zero attached hydrogens (tertiary/aromatic N) is 1.